The normalized spacial score (nSPS) is 25.6. The Morgan fingerprint density at radius 3 is 2.09 bits per heavy atom. The van der Waals surface area contributed by atoms with Gasteiger partial charge < -0.3 is 9.47 Å². The van der Waals surface area contributed by atoms with Crippen molar-refractivity contribution < 1.29 is 27.0 Å². The van der Waals surface area contributed by atoms with Gasteiger partial charge in [0.2, 0.25) is 5.82 Å². The van der Waals surface area contributed by atoms with E-state index in [9.17, 15) is 8.78 Å². The summed E-state index contributed by atoms with van der Waals surface area (Å²) in [5.74, 6) is -3.84. The van der Waals surface area contributed by atoms with Gasteiger partial charge >= 0.3 is 0 Å². The van der Waals surface area contributed by atoms with E-state index in [0.717, 1.165) is 45.1 Å². The van der Waals surface area contributed by atoms with Crippen LogP contribution in [0.5, 0.6) is 5.75 Å². The first kappa shape index (κ1) is 24.8. The molecule has 0 amide bonds. The highest BCUT2D eigenvalue weighted by atomic mass is 19.2. The van der Waals surface area contributed by atoms with Crippen molar-refractivity contribution in [2.75, 3.05) is 13.2 Å². The maximum atomic E-state index is 15.1. The van der Waals surface area contributed by atoms with Crippen LogP contribution in [-0.2, 0) is 4.74 Å². The zero-order valence-corrected chi connectivity index (χ0v) is 19.8. The summed E-state index contributed by atoms with van der Waals surface area (Å²) in [5.41, 5.74) is -0.287. The van der Waals surface area contributed by atoms with Gasteiger partial charge in [0.05, 0.1) is 19.3 Å². The molecule has 184 valence electrons. The molecular formula is C28H32F4O2. The number of allylic oxidation sites excluding steroid dienone is 1. The van der Waals surface area contributed by atoms with Crippen LogP contribution in [0.2, 0.25) is 0 Å². The topological polar surface area (TPSA) is 18.5 Å². The summed E-state index contributed by atoms with van der Waals surface area (Å²) < 4.78 is 69.9. The Balaban J connectivity index is 1.45. The van der Waals surface area contributed by atoms with Crippen LogP contribution < -0.4 is 4.74 Å². The minimum absolute atomic E-state index is 0.0815. The third-order valence-corrected chi connectivity index (χ3v) is 7.38. The fourth-order valence-electron chi connectivity index (χ4n) is 5.53. The zero-order valence-electron chi connectivity index (χ0n) is 19.8. The lowest BCUT2D eigenvalue weighted by atomic mass is 9.72. The monoisotopic (exact) mass is 476 g/mol. The van der Waals surface area contributed by atoms with E-state index >= 15 is 8.78 Å². The molecule has 34 heavy (non-hydrogen) atoms. The van der Waals surface area contributed by atoms with Crippen molar-refractivity contribution in [2.45, 2.75) is 64.4 Å². The second-order valence-electron chi connectivity index (χ2n) is 9.35. The van der Waals surface area contributed by atoms with Gasteiger partial charge in [-0.25, -0.2) is 13.2 Å². The minimum atomic E-state index is -1.25. The molecule has 2 aromatic rings. The van der Waals surface area contributed by atoms with Gasteiger partial charge in [-0.15, -0.1) is 0 Å². The van der Waals surface area contributed by atoms with E-state index in [2.05, 4.69) is 6.08 Å². The van der Waals surface area contributed by atoms with E-state index < -0.39 is 23.3 Å². The lowest BCUT2D eigenvalue weighted by Crippen LogP contribution is -2.31. The van der Waals surface area contributed by atoms with Crippen LogP contribution in [0.1, 0.15) is 63.9 Å². The third-order valence-electron chi connectivity index (χ3n) is 7.38. The Hall–Kier alpha value is -2.34. The summed E-state index contributed by atoms with van der Waals surface area (Å²) in [6.07, 6.45) is 9.95. The summed E-state index contributed by atoms with van der Waals surface area (Å²) in [6.45, 7) is 4.57. The van der Waals surface area contributed by atoms with Crippen LogP contribution in [0.3, 0.4) is 0 Å². The molecule has 0 spiro atoms. The lowest BCUT2D eigenvalue weighted by molar-refractivity contribution is -0.0150. The standard InChI is InChI=1S/C28H32F4O2/c1-3-5-20-11-10-19(16-34-20)17-6-8-18(9-7-17)21-12-13-22(26(30)25(21)29)23-14-15-24(33-4-2)28(32)27(23)31/h3,5,12-15,17-20H,4,6-11,16H2,1-2H3. The number of benzene rings is 2. The molecule has 1 saturated heterocycles. The molecule has 6 heteroatoms. The van der Waals surface area contributed by atoms with Crippen molar-refractivity contribution in [1.82, 2.24) is 0 Å². The summed E-state index contributed by atoms with van der Waals surface area (Å²) in [4.78, 5) is 0. The average Bonchev–Trinajstić information content (AvgIpc) is 2.85. The Morgan fingerprint density at radius 2 is 1.47 bits per heavy atom. The average molecular weight is 477 g/mol. The number of ether oxygens (including phenoxy) is 2. The van der Waals surface area contributed by atoms with E-state index in [1.54, 1.807) is 6.92 Å². The van der Waals surface area contributed by atoms with Gasteiger partial charge in [0.25, 0.3) is 0 Å². The van der Waals surface area contributed by atoms with E-state index in [0.29, 0.717) is 17.4 Å². The maximum Gasteiger partial charge on any atom is 0.201 e. The summed E-state index contributed by atoms with van der Waals surface area (Å²) in [7, 11) is 0. The first-order chi connectivity index (χ1) is 16.4. The number of halogens is 4. The van der Waals surface area contributed by atoms with Crippen LogP contribution in [0.15, 0.2) is 36.4 Å². The van der Waals surface area contributed by atoms with Gasteiger partial charge in [-0.05, 0) is 87.8 Å². The van der Waals surface area contributed by atoms with Gasteiger partial charge in [-0.3, -0.25) is 0 Å². The Morgan fingerprint density at radius 1 is 0.824 bits per heavy atom. The molecule has 0 N–H and O–H groups in total. The van der Waals surface area contributed by atoms with Crippen LogP contribution in [0, 0.1) is 35.1 Å². The van der Waals surface area contributed by atoms with Crippen molar-refractivity contribution in [3.63, 3.8) is 0 Å². The highest BCUT2D eigenvalue weighted by Gasteiger charge is 2.33. The molecule has 1 saturated carbocycles. The fourth-order valence-corrected chi connectivity index (χ4v) is 5.53. The highest BCUT2D eigenvalue weighted by Crippen LogP contribution is 2.43. The van der Waals surface area contributed by atoms with Gasteiger partial charge in [0.15, 0.2) is 23.2 Å². The molecule has 2 aromatic carbocycles. The summed E-state index contributed by atoms with van der Waals surface area (Å²) >= 11 is 0. The molecule has 2 fully saturated rings. The summed E-state index contributed by atoms with van der Waals surface area (Å²) in [6, 6.07) is 5.34. The van der Waals surface area contributed by atoms with E-state index in [4.69, 9.17) is 9.47 Å². The quantitative estimate of drug-likeness (QED) is 0.311. The predicted octanol–water partition coefficient (Wildman–Crippen LogP) is 7.95. The number of hydrogen-bond donors (Lipinski definition) is 0. The van der Waals surface area contributed by atoms with Crippen LogP contribution in [0.25, 0.3) is 11.1 Å². The fraction of sp³-hybridized carbons (Fsp3) is 0.500. The van der Waals surface area contributed by atoms with Crippen molar-refractivity contribution in [2.24, 2.45) is 11.8 Å². The molecule has 2 atom stereocenters. The molecule has 1 aliphatic carbocycles. The van der Waals surface area contributed by atoms with Gasteiger partial charge in [-0.2, -0.15) is 4.39 Å². The van der Waals surface area contributed by atoms with Crippen molar-refractivity contribution in [1.29, 1.82) is 0 Å². The molecule has 4 rings (SSSR count). The SMILES string of the molecule is CC=CC1CCC(C2CCC(c3ccc(-c4ccc(OCC)c(F)c4F)c(F)c3F)CC2)CO1. The van der Waals surface area contributed by atoms with Crippen molar-refractivity contribution >= 4 is 0 Å². The molecule has 2 nitrogen and oxygen atoms in total. The Labute approximate surface area is 199 Å². The van der Waals surface area contributed by atoms with E-state index in [1.807, 2.05) is 13.0 Å². The predicted molar refractivity (Wildman–Crippen MR) is 125 cm³/mol. The summed E-state index contributed by atoms with van der Waals surface area (Å²) in [5, 5.41) is 0. The largest absolute Gasteiger partial charge is 0.491 e. The number of rotatable bonds is 6. The van der Waals surface area contributed by atoms with Gasteiger partial charge in [-0.1, -0.05) is 24.3 Å². The van der Waals surface area contributed by atoms with Crippen molar-refractivity contribution in [3.05, 3.63) is 65.2 Å². The maximum absolute atomic E-state index is 15.1. The third kappa shape index (κ3) is 5.02. The van der Waals surface area contributed by atoms with E-state index in [1.165, 1.54) is 24.3 Å². The van der Waals surface area contributed by atoms with Gasteiger partial charge in [0.1, 0.15) is 0 Å². The zero-order chi connectivity index (χ0) is 24.2. The molecule has 2 unspecified atom stereocenters. The second-order valence-corrected chi connectivity index (χ2v) is 9.35. The molecule has 0 bridgehead atoms. The molecule has 2 aliphatic rings. The van der Waals surface area contributed by atoms with Crippen LogP contribution in [0.4, 0.5) is 17.6 Å². The highest BCUT2D eigenvalue weighted by molar-refractivity contribution is 5.66. The molecule has 0 aromatic heterocycles. The Kier molecular flexibility index (Phi) is 7.97. The van der Waals surface area contributed by atoms with E-state index in [-0.39, 0.29) is 35.5 Å². The minimum Gasteiger partial charge on any atom is -0.491 e. The van der Waals surface area contributed by atoms with Crippen molar-refractivity contribution in [3.8, 4) is 16.9 Å². The van der Waals surface area contributed by atoms with Crippen LogP contribution in [-0.4, -0.2) is 19.3 Å². The molecule has 1 aliphatic heterocycles. The molecule has 1 heterocycles. The first-order valence-corrected chi connectivity index (χ1v) is 12.3. The Bertz CT molecular complexity index is 1020. The second kappa shape index (κ2) is 10.9. The smallest absolute Gasteiger partial charge is 0.201 e. The lowest BCUT2D eigenvalue weighted by Gasteiger charge is -2.37. The van der Waals surface area contributed by atoms with Gasteiger partial charge in [0, 0.05) is 11.1 Å². The van der Waals surface area contributed by atoms with Crippen LogP contribution >= 0.6 is 0 Å². The molecule has 0 radical (unpaired) electrons. The number of hydrogen-bond acceptors (Lipinski definition) is 2. The first-order valence-electron chi connectivity index (χ1n) is 12.3. The molecular weight excluding hydrogens is 444 g/mol.